The van der Waals surface area contributed by atoms with Gasteiger partial charge in [-0.3, -0.25) is 9.69 Å². The van der Waals surface area contributed by atoms with Gasteiger partial charge in [-0.15, -0.1) is 24.8 Å². The summed E-state index contributed by atoms with van der Waals surface area (Å²) >= 11 is 0. The van der Waals surface area contributed by atoms with E-state index < -0.39 is 6.04 Å². The normalized spacial score (nSPS) is 17.3. The molecule has 0 spiro atoms. The lowest BCUT2D eigenvalue weighted by Crippen LogP contribution is -2.48. The van der Waals surface area contributed by atoms with E-state index in [4.69, 9.17) is 10.5 Å². The van der Waals surface area contributed by atoms with Crippen molar-refractivity contribution in [1.82, 2.24) is 10.2 Å². The summed E-state index contributed by atoms with van der Waals surface area (Å²) in [7, 11) is 0. The number of ether oxygens (including phenoxy) is 1. The monoisotopic (exact) mass is 363 g/mol. The van der Waals surface area contributed by atoms with E-state index in [1.807, 2.05) is 31.2 Å². The maximum Gasteiger partial charge on any atom is 0.241 e. The van der Waals surface area contributed by atoms with E-state index in [2.05, 4.69) is 17.1 Å². The van der Waals surface area contributed by atoms with Crippen molar-refractivity contribution in [3.8, 4) is 0 Å². The Balaban J connectivity index is 0.00000242. The number of amides is 1. The first-order valence-electron chi connectivity index (χ1n) is 7.49. The van der Waals surface area contributed by atoms with Crippen molar-refractivity contribution in [1.29, 1.82) is 0 Å². The zero-order valence-corrected chi connectivity index (χ0v) is 15.3. The molecule has 1 aliphatic rings. The largest absolute Gasteiger partial charge is 0.379 e. The Kier molecular flexibility index (Phi) is 10.4. The van der Waals surface area contributed by atoms with Gasteiger partial charge in [-0.1, -0.05) is 29.8 Å². The Morgan fingerprint density at radius 3 is 2.39 bits per heavy atom. The van der Waals surface area contributed by atoms with E-state index in [1.165, 1.54) is 0 Å². The number of morpholine rings is 1. The maximum atomic E-state index is 12.1. The van der Waals surface area contributed by atoms with Gasteiger partial charge in [-0.25, -0.2) is 0 Å². The van der Waals surface area contributed by atoms with E-state index in [-0.39, 0.29) is 30.7 Å². The van der Waals surface area contributed by atoms with Crippen molar-refractivity contribution in [2.24, 2.45) is 5.73 Å². The molecule has 1 aromatic carbocycles. The fourth-order valence-electron chi connectivity index (χ4n) is 2.43. The van der Waals surface area contributed by atoms with Crippen LogP contribution in [0.3, 0.4) is 0 Å². The van der Waals surface area contributed by atoms with Gasteiger partial charge < -0.3 is 15.8 Å². The van der Waals surface area contributed by atoms with Crippen LogP contribution in [0.4, 0.5) is 0 Å². The summed E-state index contributed by atoms with van der Waals surface area (Å²) in [6.07, 6.45) is 0. The van der Waals surface area contributed by atoms with Gasteiger partial charge in [0.2, 0.25) is 5.91 Å². The molecule has 5 nitrogen and oxygen atoms in total. The number of hydrogen-bond acceptors (Lipinski definition) is 4. The lowest BCUT2D eigenvalue weighted by molar-refractivity contribution is -0.122. The first-order valence-corrected chi connectivity index (χ1v) is 7.49. The van der Waals surface area contributed by atoms with Crippen molar-refractivity contribution >= 4 is 30.7 Å². The molecule has 0 bridgehead atoms. The Morgan fingerprint density at radius 1 is 1.26 bits per heavy atom. The minimum absolute atomic E-state index is 0. The summed E-state index contributed by atoms with van der Waals surface area (Å²) in [5.74, 6) is -0.126. The second-order valence-corrected chi connectivity index (χ2v) is 5.63. The molecule has 1 amide bonds. The number of carbonyl (C=O) groups excluding carboxylic acids is 1. The molecule has 2 atom stereocenters. The predicted octanol–water partition coefficient (Wildman–Crippen LogP) is 1.68. The number of hydrogen-bond donors (Lipinski definition) is 2. The standard InChI is InChI=1S/C16H25N3O2.2ClH/c1-12-3-5-14(6-4-12)15(17)16(20)18-11-13(2)19-7-9-21-10-8-19;;/h3-6,13,15H,7-11,17H2,1-2H3,(H,18,20);2*1H. The lowest BCUT2D eigenvalue weighted by atomic mass is 10.1. The van der Waals surface area contributed by atoms with E-state index in [0.29, 0.717) is 12.6 Å². The van der Waals surface area contributed by atoms with Crippen molar-refractivity contribution in [2.45, 2.75) is 25.9 Å². The van der Waals surface area contributed by atoms with Crippen LogP contribution < -0.4 is 11.1 Å². The summed E-state index contributed by atoms with van der Waals surface area (Å²) in [5.41, 5.74) is 8.01. The summed E-state index contributed by atoms with van der Waals surface area (Å²) in [5, 5.41) is 2.95. The van der Waals surface area contributed by atoms with Crippen molar-refractivity contribution in [2.75, 3.05) is 32.8 Å². The summed E-state index contributed by atoms with van der Waals surface area (Å²) < 4.78 is 5.33. The fourth-order valence-corrected chi connectivity index (χ4v) is 2.43. The molecule has 1 aliphatic heterocycles. The van der Waals surface area contributed by atoms with Crippen LogP contribution in [-0.2, 0) is 9.53 Å². The Morgan fingerprint density at radius 2 is 1.83 bits per heavy atom. The number of nitrogens with zero attached hydrogens (tertiary/aromatic N) is 1. The van der Waals surface area contributed by atoms with Gasteiger partial charge in [0.1, 0.15) is 6.04 Å². The number of aryl methyl sites for hydroxylation is 1. The third-order valence-electron chi connectivity index (χ3n) is 3.96. The molecule has 0 radical (unpaired) electrons. The molecule has 132 valence electrons. The van der Waals surface area contributed by atoms with Crippen LogP contribution in [0.15, 0.2) is 24.3 Å². The average Bonchev–Trinajstić information content (AvgIpc) is 2.53. The van der Waals surface area contributed by atoms with Gasteiger partial charge in [0.25, 0.3) is 0 Å². The minimum atomic E-state index is -0.609. The molecule has 0 aliphatic carbocycles. The number of nitrogens with two attached hydrogens (primary N) is 1. The molecule has 1 saturated heterocycles. The molecule has 1 fully saturated rings. The van der Waals surface area contributed by atoms with Gasteiger partial charge >= 0.3 is 0 Å². The topological polar surface area (TPSA) is 67.6 Å². The first-order chi connectivity index (χ1) is 10.1. The van der Waals surface area contributed by atoms with Gasteiger partial charge in [0.15, 0.2) is 0 Å². The quantitative estimate of drug-likeness (QED) is 0.834. The first kappa shape index (κ1) is 22.1. The fraction of sp³-hybridized carbons (Fsp3) is 0.562. The van der Waals surface area contributed by atoms with E-state index >= 15 is 0 Å². The molecular weight excluding hydrogens is 337 g/mol. The highest BCUT2D eigenvalue weighted by Gasteiger charge is 2.20. The minimum Gasteiger partial charge on any atom is -0.379 e. The zero-order valence-electron chi connectivity index (χ0n) is 13.7. The Labute approximate surface area is 150 Å². The molecule has 1 aromatic rings. The molecule has 3 N–H and O–H groups in total. The van der Waals surface area contributed by atoms with Crippen LogP contribution in [0.25, 0.3) is 0 Å². The molecule has 0 saturated carbocycles. The van der Waals surface area contributed by atoms with Crippen LogP contribution in [0.1, 0.15) is 24.1 Å². The number of carbonyl (C=O) groups is 1. The number of halogens is 2. The van der Waals surface area contributed by atoms with Crippen LogP contribution in [0.2, 0.25) is 0 Å². The molecule has 23 heavy (non-hydrogen) atoms. The molecule has 1 heterocycles. The van der Waals surface area contributed by atoms with Gasteiger partial charge in [-0.2, -0.15) is 0 Å². The van der Waals surface area contributed by atoms with E-state index in [0.717, 1.165) is 37.4 Å². The second-order valence-electron chi connectivity index (χ2n) is 5.63. The Hall–Kier alpha value is -0.850. The highest BCUT2D eigenvalue weighted by molar-refractivity contribution is 5.85. The van der Waals surface area contributed by atoms with Gasteiger partial charge in [0, 0.05) is 25.7 Å². The van der Waals surface area contributed by atoms with Crippen molar-refractivity contribution in [3.63, 3.8) is 0 Å². The summed E-state index contributed by atoms with van der Waals surface area (Å²) in [6, 6.07) is 7.44. The number of benzene rings is 1. The van der Waals surface area contributed by atoms with Crippen molar-refractivity contribution in [3.05, 3.63) is 35.4 Å². The third kappa shape index (κ3) is 6.65. The van der Waals surface area contributed by atoms with Gasteiger partial charge in [0.05, 0.1) is 13.2 Å². The Bertz CT molecular complexity index is 465. The van der Waals surface area contributed by atoms with Crippen LogP contribution in [0, 0.1) is 6.92 Å². The van der Waals surface area contributed by atoms with E-state index in [1.54, 1.807) is 0 Å². The number of rotatable bonds is 5. The SMILES string of the molecule is Cc1ccc(C(N)C(=O)NCC(C)N2CCOCC2)cc1.Cl.Cl. The molecule has 2 rings (SSSR count). The van der Waals surface area contributed by atoms with Crippen LogP contribution in [-0.4, -0.2) is 49.7 Å². The molecule has 0 aromatic heterocycles. The summed E-state index contributed by atoms with van der Waals surface area (Å²) in [4.78, 5) is 14.5. The lowest BCUT2D eigenvalue weighted by Gasteiger charge is -2.32. The molecule has 7 heteroatoms. The summed E-state index contributed by atoms with van der Waals surface area (Å²) in [6.45, 7) is 8.10. The predicted molar refractivity (Wildman–Crippen MR) is 97.5 cm³/mol. The third-order valence-corrected chi connectivity index (χ3v) is 3.96. The van der Waals surface area contributed by atoms with Crippen LogP contribution >= 0.6 is 24.8 Å². The van der Waals surface area contributed by atoms with Crippen molar-refractivity contribution < 1.29 is 9.53 Å². The second kappa shape index (κ2) is 10.8. The molecular formula is C16H27Cl2N3O2. The molecule has 2 unspecified atom stereocenters. The number of nitrogens with one attached hydrogen (secondary N) is 1. The highest BCUT2D eigenvalue weighted by Crippen LogP contribution is 2.11. The average molecular weight is 364 g/mol. The van der Waals surface area contributed by atoms with Crippen LogP contribution in [0.5, 0.6) is 0 Å². The van der Waals surface area contributed by atoms with Gasteiger partial charge in [-0.05, 0) is 19.4 Å². The maximum absolute atomic E-state index is 12.1. The van der Waals surface area contributed by atoms with E-state index in [9.17, 15) is 4.79 Å². The highest BCUT2D eigenvalue weighted by atomic mass is 35.5. The smallest absolute Gasteiger partial charge is 0.241 e. The zero-order chi connectivity index (χ0) is 15.2.